The van der Waals surface area contributed by atoms with E-state index in [-0.39, 0.29) is 0 Å². The second-order valence-corrected chi connectivity index (χ2v) is 2.39. The van der Waals surface area contributed by atoms with Crippen LogP contribution in [0, 0.1) is 0 Å². The molecule has 0 aliphatic carbocycles. The fourth-order valence-electron chi connectivity index (χ4n) is 0.232. The van der Waals surface area contributed by atoms with Gasteiger partial charge in [0.25, 0.3) is 0 Å². The van der Waals surface area contributed by atoms with Crippen LogP contribution >= 0.6 is 24.8 Å². The van der Waals surface area contributed by atoms with E-state index in [1.807, 2.05) is 0 Å². The molecule has 0 aromatic carbocycles. The van der Waals surface area contributed by atoms with Crippen LogP contribution in [0.3, 0.4) is 0 Å². The zero-order chi connectivity index (χ0) is 7.70. The van der Waals surface area contributed by atoms with Crippen molar-refractivity contribution in [1.29, 1.82) is 0 Å². The lowest BCUT2D eigenvalue weighted by Crippen LogP contribution is -2.16. The van der Waals surface area contributed by atoms with Crippen molar-refractivity contribution in [3.05, 3.63) is 13.2 Å². The zero-order valence-corrected chi connectivity index (χ0v) is 7.39. The Morgan fingerprint density at radius 2 is 2.11 bits per heavy atom. The normalized spacial score (nSPS) is 6.89. The lowest BCUT2D eigenvalue weighted by Gasteiger charge is -1.95. The van der Waals surface area contributed by atoms with Crippen molar-refractivity contribution in [3.8, 4) is 0 Å². The molecule has 0 saturated carbocycles. The van der Waals surface area contributed by atoms with Gasteiger partial charge in [-0.2, -0.15) is 0 Å². The molecule has 0 bridgehead atoms. The first-order chi connectivity index (χ1) is 4.27. The van der Waals surface area contributed by atoms with Crippen LogP contribution < -0.4 is 5.32 Å². The number of rotatable bonds is 2. The van der Waals surface area contributed by atoms with Gasteiger partial charge in [-0.15, -0.1) is 25.8 Å². The van der Waals surface area contributed by atoms with Crippen molar-refractivity contribution >= 4 is 29.2 Å². The summed E-state index contributed by atoms with van der Waals surface area (Å²) in [5.74, 6) is 0. The molecule has 1 N–H and O–H groups in total. The quantitative estimate of drug-likeness (QED) is 0.367. The van der Waals surface area contributed by atoms with Gasteiger partial charge in [0, 0.05) is 6.54 Å². The minimum Gasteiger partial charge on any atom is -0.371 e. The Morgan fingerprint density at radius 3 is 2.22 bits per heavy atom. The molecule has 0 saturated heterocycles. The standard InChI is InChI=1S/C4H9NS2.C2H4/c1-2-3-5-4(6)7;1-2/h2-3H2,1H3,(H2,5,6,7);1-2H2. The second-order valence-electron chi connectivity index (χ2n) is 1.23. The highest BCUT2D eigenvalue weighted by molar-refractivity contribution is 8.11. The minimum atomic E-state index is 0.585. The maximum Gasteiger partial charge on any atom is 0.130 e. The van der Waals surface area contributed by atoms with Crippen LogP contribution in [0.25, 0.3) is 0 Å². The monoisotopic (exact) mass is 163 g/mol. The third-order valence-electron chi connectivity index (χ3n) is 0.526. The van der Waals surface area contributed by atoms with E-state index in [9.17, 15) is 0 Å². The molecule has 54 valence electrons. The molecule has 0 unspecified atom stereocenters. The molecule has 0 spiro atoms. The van der Waals surface area contributed by atoms with Crippen LogP contribution in [0.5, 0.6) is 0 Å². The zero-order valence-electron chi connectivity index (χ0n) is 5.68. The van der Waals surface area contributed by atoms with E-state index in [1.165, 1.54) is 0 Å². The van der Waals surface area contributed by atoms with Gasteiger partial charge < -0.3 is 5.32 Å². The van der Waals surface area contributed by atoms with Gasteiger partial charge in [-0.3, -0.25) is 0 Å². The molecule has 0 aliphatic heterocycles. The molecule has 3 heteroatoms. The van der Waals surface area contributed by atoms with Crippen LogP contribution in [0.15, 0.2) is 13.2 Å². The van der Waals surface area contributed by atoms with Crippen LogP contribution in [-0.4, -0.2) is 10.9 Å². The first-order valence-electron chi connectivity index (χ1n) is 2.74. The number of hydrogen-bond donors (Lipinski definition) is 2. The van der Waals surface area contributed by atoms with E-state index in [2.05, 4.69) is 50.2 Å². The van der Waals surface area contributed by atoms with E-state index in [1.54, 1.807) is 0 Å². The van der Waals surface area contributed by atoms with Crippen molar-refractivity contribution in [2.24, 2.45) is 0 Å². The van der Waals surface area contributed by atoms with Crippen LogP contribution in [-0.2, 0) is 0 Å². The van der Waals surface area contributed by atoms with Crippen molar-refractivity contribution in [2.75, 3.05) is 6.54 Å². The van der Waals surface area contributed by atoms with E-state index >= 15 is 0 Å². The largest absolute Gasteiger partial charge is 0.371 e. The highest BCUT2D eigenvalue weighted by Gasteiger charge is 1.79. The lowest BCUT2D eigenvalue weighted by atomic mass is 10.5. The molecule has 0 heterocycles. The Morgan fingerprint density at radius 1 is 1.67 bits per heavy atom. The summed E-state index contributed by atoms with van der Waals surface area (Å²) in [5, 5.41) is 2.89. The van der Waals surface area contributed by atoms with Crippen LogP contribution in [0.2, 0.25) is 0 Å². The van der Waals surface area contributed by atoms with Gasteiger partial charge in [-0.1, -0.05) is 19.1 Å². The van der Waals surface area contributed by atoms with Crippen molar-refractivity contribution in [3.63, 3.8) is 0 Å². The maximum atomic E-state index is 4.61. The molecule has 1 nitrogen and oxygen atoms in total. The molecule has 0 aliphatic rings. The second kappa shape index (κ2) is 10.9. The number of nitrogens with one attached hydrogen (secondary N) is 1. The first kappa shape index (κ1) is 11.7. The Bertz CT molecular complexity index is 73.5. The summed E-state index contributed by atoms with van der Waals surface area (Å²) in [7, 11) is 0. The fourth-order valence-corrected chi connectivity index (χ4v) is 0.446. The summed E-state index contributed by atoms with van der Waals surface area (Å²) in [6.07, 6.45) is 1.10. The number of thiol groups is 1. The Labute approximate surface area is 67.9 Å². The average Bonchev–Trinajstić information content (AvgIpc) is 1.88. The van der Waals surface area contributed by atoms with Gasteiger partial charge in [0.15, 0.2) is 0 Å². The number of hydrogen-bond acceptors (Lipinski definition) is 1. The smallest absolute Gasteiger partial charge is 0.130 e. The number of thiocarbonyl (C=S) groups is 1. The highest BCUT2D eigenvalue weighted by atomic mass is 32.1. The van der Waals surface area contributed by atoms with Crippen molar-refractivity contribution in [2.45, 2.75) is 13.3 Å². The molecule has 0 aromatic heterocycles. The molecule has 0 atom stereocenters. The molecule has 0 fully saturated rings. The summed E-state index contributed by atoms with van der Waals surface area (Å²) in [6.45, 7) is 9.02. The van der Waals surface area contributed by atoms with E-state index in [4.69, 9.17) is 0 Å². The highest BCUT2D eigenvalue weighted by Crippen LogP contribution is 1.77. The molecular formula is C6H13NS2. The Kier molecular flexibility index (Phi) is 14.2. The third-order valence-corrected chi connectivity index (χ3v) is 0.829. The van der Waals surface area contributed by atoms with Gasteiger partial charge in [0.1, 0.15) is 4.32 Å². The summed E-state index contributed by atoms with van der Waals surface area (Å²) >= 11 is 8.47. The van der Waals surface area contributed by atoms with Gasteiger partial charge >= 0.3 is 0 Å². The molecule has 9 heavy (non-hydrogen) atoms. The minimum absolute atomic E-state index is 0.585. The van der Waals surface area contributed by atoms with Crippen LogP contribution in [0.1, 0.15) is 13.3 Å². The third kappa shape index (κ3) is 18.0. The summed E-state index contributed by atoms with van der Waals surface area (Å²) < 4.78 is 0.585. The van der Waals surface area contributed by atoms with Gasteiger partial charge in [-0.05, 0) is 6.42 Å². The van der Waals surface area contributed by atoms with Gasteiger partial charge in [0.05, 0.1) is 0 Å². The molecule has 0 rings (SSSR count). The van der Waals surface area contributed by atoms with E-state index < -0.39 is 0 Å². The maximum absolute atomic E-state index is 4.61. The summed E-state index contributed by atoms with van der Waals surface area (Å²) in [4.78, 5) is 0. The Hall–Kier alpha value is -0.0200. The van der Waals surface area contributed by atoms with E-state index in [0.717, 1.165) is 13.0 Å². The molecule has 0 radical (unpaired) electrons. The van der Waals surface area contributed by atoms with E-state index in [0.29, 0.717) is 4.32 Å². The topological polar surface area (TPSA) is 12.0 Å². The predicted octanol–water partition coefficient (Wildman–Crippen LogP) is 2.00. The summed E-state index contributed by atoms with van der Waals surface area (Å²) in [6, 6.07) is 0. The lowest BCUT2D eigenvalue weighted by molar-refractivity contribution is 0.855. The van der Waals surface area contributed by atoms with Crippen molar-refractivity contribution in [1.82, 2.24) is 5.32 Å². The fraction of sp³-hybridized carbons (Fsp3) is 0.500. The van der Waals surface area contributed by atoms with Crippen molar-refractivity contribution < 1.29 is 0 Å². The predicted molar refractivity (Wildman–Crippen MR) is 51.1 cm³/mol. The molecule has 0 aromatic rings. The Balaban J connectivity index is 0. The van der Waals surface area contributed by atoms with Gasteiger partial charge in [-0.25, -0.2) is 0 Å². The average molecular weight is 163 g/mol. The molecular weight excluding hydrogens is 150 g/mol. The summed E-state index contributed by atoms with van der Waals surface area (Å²) in [5.41, 5.74) is 0. The first-order valence-corrected chi connectivity index (χ1v) is 3.59. The SMILES string of the molecule is C=C.CCCNC(=S)S. The molecule has 0 amide bonds. The van der Waals surface area contributed by atoms with Gasteiger partial charge in [0.2, 0.25) is 0 Å². The van der Waals surface area contributed by atoms with Crippen LogP contribution in [0.4, 0.5) is 0 Å².